The van der Waals surface area contributed by atoms with Crippen LogP contribution in [0.2, 0.25) is 15.1 Å². The molecule has 10 nitrogen and oxygen atoms in total. The van der Waals surface area contributed by atoms with Gasteiger partial charge in [0.15, 0.2) is 11.5 Å². The maximum atomic E-state index is 15.5. The number of fused-ring (bicyclic) bond motifs is 4. The van der Waals surface area contributed by atoms with Gasteiger partial charge in [-0.1, -0.05) is 58.6 Å². The van der Waals surface area contributed by atoms with E-state index in [2.05, 4.69) is 5.43 Å². The number of hydrogen-bond donors (Lipinski definition) is 2. The molecule has 2 heterocycles. The number of imide groups is 2. The molecule has 4 aromatic rings. The van der Waals surface area contributed by atoms with Crippen LogP contribution in [-0.4, -0.2) is 48.0 Å². The van der Waals surface area contributed by atoms with Gasteiger partial charge in [-0.25, -0.2) is 4.90 Å². The van der Waals surface area contributed by atoms with Crippen molar-refractivity contribution >= 4 is 69.8 Å². The van der Waals surface area contributed by atoms with Crippen molar-refractivity contribution in [3.05, 3.63) is 122 Å². The van der Waals surface area contributed by atoms with Crippen molar-refractivity contribution in [2.45, 2.75) is 36.5 Å². The number of phenols is 1. The summed E-state index contributed by atoms with van der Waals surface area (Å²) in [6.07, 6.45) is -9.46. The minimum absolute atomic E-state index is 0.0470. The van der Waals surface area contributed by atoms with Gasteiger partial charge in [-0.05, 0) is 90.6 Å². The first kappa shape index (κ1) is 42.2. The molecule has 19 heteroatoms. The largest absolute Gasteiger partial charge is 0.503 e. The highest BCUT2D eigenvalue weighted by molar-refractivity contribution is 6.36. The summed E-state index contributed by atoms with van der Waals surface area (Å²) in [6.45, 7) is 0. The predicted molar refractivity (Wildman–Crippen MR) is 209 cm³/mol. The van der Waals surface area contributed by atoms with E-state index in [4.69, 9.17) is 44.3 Å². The second kappa shape index (κ2) is 14.9. The third-order valence-corrected chi connectivity index (χ3v) is 12.9. The first-order chi connectivity index (χ1) is 28.7. The SMILES string of the molecule is COc1ccc([C@@]23C(=O)N(Nc4ccc(Cl)cc4Cl)C(=O)[C@@H]2C[C@@H]2C(=CC[C@@H]4C(=O)N(c5cc(C(F)(F)F)cc(C(F)(F)F)c5)C(=O)[C@@H]42)[C@@H]3c2cc(Cl)c(O)c(OC)c2)cc1. The smallest absolute Gasteiger partial charge is 0.416 e. The number of hydrogen-bond acceptors (Lipinski definition) is 8. The Morgan fingerprint density at radius 1 is 0.770 bits per heavy atom. The number of benzene rings is 4. The molecule has 61 heavy (non-hydrogen) atoms. The number of allylic oxidation sites excluding steroid dienone is 2. The maximum absolute atomic E-state index is 15.5. The number of methoxy groups -OCH3 is 2. The number of aromatic hydroxyl groups is 1. The molecule has 0 aromatic heterocycles. The average Bonchev–Trinajstić information content (AvgIpc) is 3.59. The van der Waals surface area contributed by atoms with Crippen LogP contribution in [0.5, 0.6) is 17.2 Å². The number of alkyl halides is 6. The van der Waals surface area contributed by atoms with Crippen molar-refractivity contribution in [3.8, 4) is 17.2 Å². The van der Waals surface area contributed by atoms with Crippen LogP contribution in [0, 0.1) is 23.7 Å². The van der Waals surface area contributed by atoms with E-state index >= 15 is 4.79 Å². The molecule has 0 radical (unpaired) electrons. The molecule has 2 aliphatic carbocycles. The standard InChI is InChI=1S/C42H30Cl3F6N3O7/c1-60-24-6-3-19(4-7-24)40-28(37(57)54(39(40)59)52-31-10-5-22(43)16-29(31)44)17-27-25(34(40)18-11-30(45)35(55)32(12-18)61-2)8-9-26-33(27)38(58)53(36(26)56)23-14-20(41(46,47)48)13-21(15-23)42(49,50)51/h3-8,10-16,26-28,33-34,52,55H,9,17H2,1-2H3/t26-,27+,28-,33-,34-,40+/m0/s1. The summed E-state index contributed by atoms with van der Waals surface area (Å²) in [4.78, 5) is 59.6. The minimum Gasteiger partial charge on any atom is -0.503 e. The van der Waals surface area contributed by atoms with Crippen LogP contribution < -0.4 is 19.8 Å². The lowest BCUT2D eigenvalue weighted by Gasteiger charge is -2.50. The molecule has 318 valence electrons. The van der Waals surface area contributed by atoms with E-state index in [9.17, 15) is 45.8 Å². The number of nitrogens with zero attached hydrogens (tertiary/aromatic N) is 2. The van der Waals surface area contributed by atoms with E-state index in [0.29, 0.717) is 33.9 Å². The summed E-state index contributed by atoms with van der Waals surface area (Å²) in [7, 11) is 2.68. The number of anilines is 2. The topological polar surface area (TPSA) is 125 Å². The van der Waals surface area contributed by atoms with Crippen LogP contribution in [0.3, 0.4) is 0 Å². The zero-order valence-corrected chi connectivity index (χ0v) is 33.8. The number of amides is 4. The maximum Gasteiger partial charge on any atom is 0.416 e. The van der Waals surface area contributed by atoms with Crippen molar-refractivity contribution < 1.29 is 60.1 Å². The van der Waals surface area contributed by atoms with Gasteiger partial charge in [0.25, 0.3) is 11.8 Å². The number of carbonyl (C=O) groups is 4. The molecule has 0 spiro atoms. The van der Waals surface area contributed by atoms with E-state index in [1.54, 1.807) is 30.3 Å². The number of carbonyl (C=O) groups excluding carboxylic acids is 4. The fraction of sp³-hybridized carbons (Fsp3) is 0.286. The van der Waals surface area contributed by atoms with Crippen molar-refractivity contribution in [3.63, 3.8) is 0 Å². The zero-order chi connectivity index (χ0) is 44.1. The van der Waals surface area contributed by atoms with Crippen LogP contribution in [0.1, 0.15) is 41.0 Å². The van der Waals surface area contributed by atoms with Gasteiger partial charge < -0.3 is 14.6 Å². The summed E-state index contributed by atoms with van der Waals surface area (Å²) < 4.78 is 94.7. The predicted octanol–water partition coefficient (Wildman–Crippen LogP) is 9.60. The lowest BCUT2D eigenvalue weighted by molar-refractivity contribution is -0.143. The molecule has 2 aliphatic heterocycles. The zero-order valence-electron chi connectivity index (χ0n) is 31.5. The first-order valence-electron chi connectivity index (χ1n) is 18.4. The molecule has 8 rings (SSSR count). The van der Waals surface area contributed by atoms with Gasteiger partial charge in [0.1, 0.15) is 5.75 Å². The lowest BCUT2D eigenvalue weighted by atomic mass is 9.49. The summed E-state index contributed by atoms with van der Waals surface area (Å²) in [5.41, 5.74) is -2.44. The summed E-state index contributed by atoms with van der Waals surface area (Å²) in [5.74, 6) is -10.2. The lowest BCUT2D eigenvalue weighted by Crippen LogP contribution is -2.53. The summed E-state index contributed by atoms with van der Waals surface area (Å²) in [6, 6.07) is 13.9. The number of ether oxygens (including phenoxy) is 2. The molecule has 3 fully saturated rings. The van der Waals surface area contributed by atoms with Crippen LogP contribution in [0.25, 0.3) is 0 Å². The second-order valence-electron chi connectivity index (χ2n) is 15.0. The van der Waals surface area contributed by atoms with Crippen LogP contribution in [0.4, 0.5) is 37.7 Å². The van der Waals surface area contributed by atoms with E-state index in [0.717, 1.165) is 5.01 Å². The van der Waals surface area contributed by atoms with Crippen molar-refractivity contribution in [2.75, 3.05) is 24.5 Å². The third kappa shape index (κ3) is 6.65. The van der Waals surface area contributed by atoms with E-state index < -0.39 is 93.5 Å². The monoisotopic (exact) mass is 907 g/mol. The van der Waals surface area contributed by atoms with Crippen LogP contribution in [-0.2, 0) is 36.9 Å². The van der Waals surface area contributed by atoms with Crippen LogP contribution >= 0.6 is 34.8 Å². The molecule has 0 unspecified atom stereocenters. The molecule has 4 amide bonds. The van der Waals surface area contributed by atoms with Crippen molar-refractivity contribution in [1.29, 1.82) is 0 Å². The van der Waals surface area contributed by atoms with Gasteiger partial charge in [-0.2, -0.15) is 31.4 Å². The second-order valence-corrected chi connectivity index (χ2v) is 16.3. The van der Waals surface area contributed by atoms with E-state index in [-0.39, 0.29) is 51.0 Å². The highest BCUT2D eigenvalue weighted by Gasteiger charge is 2.70. The minimum atomic E-state index is -5.28. The molecular formula is C42H30Cl3F6N3O7. The Balaban J connectivity index is 1.34. The molecule has 1 saturated carbocycles. The normalized spacial score (nSPS) is 25.0. The quantitative estimate of drug-likeness (QED) is 0.107. The first-order valence-corrected chi connectivity index (χ1v) is 19.5. The fourth-order valence-corrected chi connectivity index (χ4v) is 10.1. The van der Waals surface area contributed by atoms with Crippen molar-refractivity contribution in [2.24, 2.45) is 23.7 Å². The van der Waals surface area contributed by atoms with Gasteiger partial charge in [-0.15, -0.1) is 0 Å². The Kier molecular flexibility index (Phi) is 10.3. The average molecular weight is 909 g/mol. The van der Waals surface area contributed by atoms with Gasteiger partial charge in [0.2, 0.25) is 11.8 Å². The highest BCUT2D eigenvalue weighted by atomic mass is 35.5. The number of nitrogens with one attached hydrogen (secondary N) is 1. The third-order valence-electron chi connectivity index (χ3n) is 12.0. The Labute approximate surface area is 357 Å². The Hall–Kier alpha value is -5.45. The number of phenolic OH excluding ortho intramolecular Hbond substituents is 1. The van der Waals surface area contributed by atoms with Gasteiger partial charge in [0, 0.05) is 10.9 Å². The number of rotatable bonds is 7. The van der Waals surface area contributed by atoms with Gasteiger partial charge in [0.05, 0.1) is 69.9 Å². The summed E-state index contributed by atoms with van der Waals surface area (Å²) >= 11 is 19.2. The molecule has 6 atom stereocenters. The highest BCUT2D eigenvalue weighted by Crippen LogP contribution is 2.65. The molecular weight excluding hydrogens is 879 g/mol. The van der Waals surface area contributed by atoms with Crippen LogP contribution in [0.15, 0.2) is 84.4 Å². The fourth-order valence-electron chi connectivity index (χ4n) is 9.46. The Morgan fingerprint density at radius 3 is 2.02 bits per heavy atom. The van der Waals surface area contributed by atoms with Gasteiger partial charge in [-0.3, -0.25) is 24.6 Å². The number of hydrazine groups is 1. The Bertz CT molecular complexity index is 2540. The van der Waals surface area contributed by atoms with E-state index in [1.807, 2.05) is 0 Å². The molecule has 0 bridgehead atoms. The molecule has 4 aliphatic rings. The molecule has 4 aromatic carbocycles. The summed E-state index contributed by atoms with van der Waals surface area (Å²) in [5, 5.41) is 11.7. The van der Waals surface area contributed by atoms with Crippen molar-refractivity contribution in [1.82, 2.24) is 5.01 Å². The molecule has 2 N–H and O–H groups in total. The van der Waals surface area contributed by atoms with Gasteiger partial charge >= 0.3 is 12.4 Å². The Morgan fingerprint density at radius 2 is 1.43 bits per heavy atom. The number of halogens is 9. The molecule has 2 saturated heterocycles. The van der Waals surface area contributed by atoms with E-state index in [1.165, 1.54) is 44.6 Å².